The fourth-order valence-electron chi connectivity index (χ4n) is 0.934. The third-order valence-electron chi connectivity index (χ3n) is 1.91. The number of hydrogen-bond acceptors (Lipinski definition) is 3. The van der Waals surface area contributed by atoms with Gasteiger partial charge in [-0.15, -0.1) is 0 Å². The summed E-state index contributed by atoms with van der Waals surface area (Å²) < 4.78 is 22.2. The molecule has 0 aromatic heterocycles. The third-order valence-corrected chi connectivity index (χ3v) is 3.02. The average molecular weight is 201 g/mol. The van der Waals surface area contributed by atoms with Gasteiger partial charge in [-0.05, 0) is 37.1 Å². The second-order valence-corrected chi connectivity index (χ2v) is 4.50. The van der Waals surface area contributed by atoms with Crippen molar-refractivity contribution in [2.45, 2.75) is 18.7 Å². The average Bonchev–Trinajstić information content (AvgIpc) is 2.09. The van der Waals surface area contributed by atoms with Gasteiger partial charge in [0.05, 0.1) is 4.90 Å². The topological polar surface area (TPSA) is 66.4 Å². The molecule has 0 fully saturated rings. The van der Waals surface area contributed by atoms with E-state index in [0.29, 0.717) is 0 Å². The first-order valence-electron chi connectivity index (χ1n) is 3.70. The van der Waals surface area contributed by atoms with Crippen LogP contribution in [0.3, 0.4) is 0 Å². The first-order valence-corrected chi connectivity index (χ1v) is 5.19. The molecule has 0 heterocycles. The van der Waals surface area contributed by atoms with Crippen LogP contribution in [0.2, 0.25) is 0 Å². The van der Waals surface area contributed by atoms with Gasteiger partial charge in [0.1, 0.15) is 0 Å². The van der Waals surface area contributed by atoms with Gasteiger partial charge >= 0.3 is 0 Å². The van der Waals surface area contributed by atoms with Crippen LogP contribution in [-0.2, 0) is 10.0 Å². The lowest BCUT2D eigenvalue weighted by molar-refractivity contribution is 0.242. The Labute approximate surface area is 77.2 Å². The van der Waals surface area contributed by atoms with Crippen LogP contribution in [0.25, 0.3) is 0 Å². The highest BCUT2D eigenvalue weighted by molar-refractivity contribution is 7.89. The molecular formula is C8H11NO3S. The first kappa shape index (κ1) is 10.2. The summed E-state index contributed by atoms with van der Waals surface area (Å²) in [7, 11) is -3.73. The first-order chi connectivity index (χ1) is 5.97. The Kier molecular flexibility index (Phi) is 2.70. The zero-order valence-corrected chi connectivity index (χ0v) is 8.22. The molecule has 13 heavy (non-hydrogen) atoms. The van der Waals surface area contributed by atoms with Crippen molar-refractivity contribution in [2.75, 3.05) is 0 Å². The van der Waals surface area contributed by atoms with Gasteiger partial charge in [-0.25, -0.2) is 8.42 Å². The predicted octanol–water partition coefficient (Wildman–Crippen LogP) is 0.971. The van der Waals surface area contributed by atoms with E-state index in [-0.39, 0.29) is 4.90 Å². The SMILES string of the molecule is Cc1ccc(S(=O)(=O)NO)cc1C. The van der Waals surface area contributed by atoms with Crippen molar-refractivity contribution in [1.29, 1.82) is 0 Å². The van der Waals surface area contributed by atoms with Crippen molar-refractivity contribution >= 4 is 10.0 Å². The van der Waals surface area contributed by atoms with E-state index in [1.165, 1.54) is 17.0 Å². The molecule has 0 atom stereocenters. The summed E-state index contributed by atoms with van der Waals surface area (Å²) >= 11 is 0. The quantitative estimate of drug-likeness (QED) is 0.701. The number of rotatable bonds is 2. The van der Waals surface area contributed by atoms with E-state index >= 15 is 0 Å². The minimum Gasteiger partial charge on any atom is -0.302 e. The molecule has 2 N–H and O–H groups in total. The number of sulfonamides is 1. The van der Waals surface area contributed by atoms with Crippen LogP contribution in [0.4, 0.5) is 0 Å². The highest BCUT2D eigenvalue weighted by Crippen LogP contribution is 2.13. The van der Waals surface area contributed by atoms with Crippen LogP contribution in [0.5, 0.6) is 0 Å². The monoisotopic (exact) mass is 201 g/mol. The molecule has 1 aromatic carbocycles. The van der Waals surface area contributed by atoms with Crippen molar-refractivity contribution in [3.8, 4) is 0 Å². The van der Waals surface area contributed by atoms with E-state index in [1.807, 2.05) is 13.8 Å². The molecule has 0 aliphatic carbocycles. The van der Waals surface area contributed by atoms with Gasteiger partial charge < -0.3 is 5.21 Å². The van der Waals surface area contributed by atoms with Gasteiger partial charge in [0.15, 0.2) is 0 Å². The van der Waals surface area contributed by atoms with Gasteiger partial charge in [0, 0.05) is 0 Å². The van der Waals surface area contributed by atoms with E-state index in [1.54, 1.807) is 6.07 Å². The van der Waals surface area contributed by atoms with Gasteiger partial charge in [-0.3, -0.25) is 0 Å². The second kappa shape index (κ2) is 3.45. The lowest BCUT2D eigenvalue weighted by atomic mass is 10.1. The van der Waals surface area contributed by atoms with Gasteiger partial charge in [0.25, 0.3) is 10.0 Å². The van der Waals surface area contributed by atoms with Crippen LogP contribution in [-0.4, -0.2) is 13.6 Å². The molecular weight excluding hydrogens is 190 g/mol. The van der Waals surface area contributed by atoms with E-state index < -0.39 is 10.0 Å². The molecule has 1 rings (SSSR count). The summed E-state index contributed by atoms with van der Waals surface area (Å²) in [5.41, 5.74) is 1.88. The molecule has 0 amide bonds. The summed E-state index contributed by atoms with van der Waals surface area (Å²) in [6.45, 7) is 3.70. The molecule has 0 aliphatic rings. The number of benzene rings is 1. The van der Waals surface area contributed by atoms with Crippen LogP contribution >= 0.6 is 0 Å². The summed E-state index contributed by atoms with van der Waals surface area (Å²) in [6.07, 6.45) is 0. The van der Waals surface area contributed by atoms with Crippen molar-refractivity contribution < 1.29 is 13.6 Å². The molecule has 4 nitrogen and oxygen atoms in total. The van der Waals surface area contributed by atoms with E-state index in [0.717, 1.165) is 11.1 Å². The maximum atomic E-state index is 11.1. The fourth-order valence-corrected chi connectivity index (χ4v) is 1.62. The molecule has 0 unspecified atom stereocenters. The zero-order valence-electron chi connectivity index (χ0n) is 7.40. The molecule has 1 aromatic rings. The van der Waals surface area contributed by atoms with Crippen LogP contribution in [0.15, 0.2) is 23.1 Å². The Bertz CT molecular complexity index is 411. The minimum absolute atomic E-state index is 0.0677. The van der Waals surface area contributed by atoms with Crippen molar-refractivity contribution in [2.24, 2.45) is 0 Å². The zero-order chi connectivity index (χ0) is 10.1. The number of hydrogen-bond donors (Lipinski definition) is 2. The third kappa shape index (κ3) is 2.06. The molecule has 0 bridgehead atoms. The maximum Gasteiger partial charge on any atom is 0.262 e. The molecule has 72 valence electrons. The molecule has 0 spiro atoms. The Morgan fingerprint density at radius 3 is 2.31 bits per heavy atom. The lowest BCUT2D eigenvalue weighted by Gasteiger charge is -2.04. The highest BCUT2D eigenvalue weighted by Gasteiger charge is 2.12. The molecule has 0 radical (unpaired) electrons. The molecule has 0 aliphatic heterocycles. The Morgan fingerprint density at radius 1 is 1.23 bits per heavy atom. The van der Waals surface area contributed by atoms with Crippen LogP contribution < -0.4 is 4.89 Å². The van der Waals surface area contributed by atoms with Crippen molar-refractivity contribution in [3.05, 3.63) is 29.3 Å². The Morgan fingerprint density at radius 2 is 1.85 bits per heavy atom. The molecule has 5 heteroatoms. The second-order valence-electron chi connectivity index (χ2n) is 2.84. The number of aryl methyl sites for hydroxylation is 2. The standard InChI is InChI=1S/C8H11NO3S/c1-6-3-4-8(5-7(6)2)13(11,12)9-10/h3-5,9-10H,1-2H3. The fraction of sp³-hybridized carbons (Fsp3) is 0.250. The summed E-state index contributed by atoms with van der Waals surface area (Å²) in [5, 5.41) is 8.37. The lowest BCUT2D eigenvalue weighted by Crippen LogP contribution is -2.19. The number of nitrogens with one attached hydrogen (secondary N) is 1. The van der Waals surface area contributed by atoms with E-state index in [2.05, 4.69) is 0 Å². The minimum atomic E-state index is -3.73. The highest BCUT2D eigenvalue weighted by atomic mass is 32.2. The van der Waals surface area contributed by atoms with Crippen molar-refractivity contribution in [3.63, 3.8) is 0 Å². The normalized spacial score (nSPS) is 11.6. The van der Waals surface area contributed by atoms with Gasteiger partial charge in [0.2, 0.25) is 0 Å². The van der Waals surface area contributed by atoms with E-state index in [9.17, 15) is 8.42 Å². The van der Waals surface area contributed by atoms with E-state index in [4.69, 9.17) is 5.21 Å². The van der Waals surface area contributed by atoms with Gasteiger partial charge in [-0.2, -0.15) is 0 Å². The molecule has 0 saturated carbocycles. The molecule has 0 saturated heterocycles. The van der Waals surface area contributed by atoms with Gasteiger partial charge in [-0.1, -0.05) is 11.0 Å². The van der Waals surface area contributed by atoms with Crippen LogP contribution in [0.1, 0.15) is 11.1 Å². The van der Waals surface area contributed by atoms with Crippen molar-refractivity contribution in [1.82, 2.24) is 4.89 Å². The largest absolute Gasteiger partial charge is 0.302 e. The smallest absolute Gasteiger partial charge is 0.262 e. The summed E-state index contributed by atoms with van der Waals surface area (Å²) in [6, 6.07) is 4.65. The predicted molar refractivity (Wildman–Crippen MR) is 48.0 cm³/mol. The Hall–Kier alpha value is -0.910. The van der Waals surface area contributed by atoms with Crippen LogP contribution in [0, 0.1) is 13.8 Å². The summed E-state index contributed by atoms with van der Waals surface area (Å²) in [4.78, 5) is 1.34. The summed E-state index contributed by atoms with van der Waals surface area (Å²) in [5.74, 6) is 0. The maximum absolute atomic E-state index is 11.1. The Balaban J connectivity index is 3.27.